The van der Waals surface area contributed by atoms with Gasteiger partial charge >= 0.3 is 5.97 Å². The summed E-state index contributed by atoms with van der Waals surface area (Å²) < 4.78 is 24.8. The van der Waals surface area contributed by atoms with Crippen LogP contribution >= 0.6 is 11.3 Å². The van der Waals surface area contributed by atoms with Crippen LogP contribution in [0.1, 0.15) is 11.8 Å². The molecule has 1 aromatic heterocycles. The van der Waals surface area contributed by atoms with E-state index >= 15 is 0 Å². The molecule has 0 unspecified atom stereocenters. The highest BCUT2D eigenvalue weighted by atomic mass is 32.2. The van der Waals surface area contributed by atoms with Crippen LogP contribution in [0.5, 0.6) is 0 Å². The summed E-state index contributed by atoms with van der Waals surface area (Å²) in [6.45, 7) is 1.02. The van der Waals surface area contributed by atoms with Crippen molar-refractivity contribution in [3.05, 3.63) is 17.0 Å². The second-order valence-electron chi connectivity index (χ2n) is 3.79. The number of sulfonamides is 1. The highest BCUT2D eigenvalue weighted by molar-refractivity contribution is 7.91. The fourth-order valence-corrected chi connectivity index (χ4v) is 3.86. The third-order valence-electron chi connectivity index (χ3n) is 2.17. The van der Waals surface area contributed by atoms with Gasteiger partial charge in [-0.2, -0.15) is 4.31 Å². The molecule has 0 saturated carbocycles. The van der Waals surface area contributed by atoms with E-state index in [0.717, 1.165) is 15.6 Å². The van der Waals surface area contributed by atoms with E-state index in [-0.39, 0.29) is 16.7 Å². The van der Waals surface area contributed by atoms with Gasteiger partial charge in [-0.1, -0.05) is 0 Å². The summed E-state index contributed by atoms with van der Waals surface area (Å²) in [5.74, 6) is -1.43. The van der Waals surface area contributed by atoms with E-state index in [2.05, 4.69) is 5.32 Å². The van der Waals surface area contributed by atoms with Crippen LogP contribution < -0.4 is 5.32 Å². The quantitative estimate of drug-likeness (QED) is 0.775. The first-order valence-corrected chi connectivity index (χ1v) is 7.50. The number of aliphatic carboxylic acids is 1. The van der Waals surface area contributed by atoms with Crippen LogP contribution in [0.3, 0.4) is 0 Å². The average Bonchev–Trinajstić information content (AvgIpc) is 2.74. The standard InChI is InChI=1S/C10H14N2O5S2/c1-7(13)11-5-8-3-4-10(18-8)19(16,17)12(2)6-9(14)15/h3-4H,5-6H2,1-2H3,(H,11,13)(H,14,15). The lowest BCUT2D eigenvalue weighted by Crippen LogP contribution is -2.31. The summed E-state index contributed by atoms with van der Waals surface area (Å²) in [6, 6.07) is 2.98. The van der Waals surface area contributed by atoms with Gasteiger partial charge in [-0.15, -0.1) is 11.3 Å². The topological polar surface area (TPSA) is 104 Å². The normalized spacial score (nSPS) is 11.5. The van der Waals surface area contributed by atoms with E-state index < -0.39 is 22.5 Å². The molecule has 0 spiro atoms. The summed E-state index contributed by atoms with van der Waals surface area (Å²) in [7, 11) is -2.59. The van der Waals surface area contributed by atoms with Crippen molar-refractivity contribution < 1.29 is 23.1 Å². The molecule has 1 amide bonds. The van der Waals surface area contributed by atoms with Crippen molar-refractivity contribution in [2.45, 2.75) is 17.7 Å². The number of carbonyl (C=O) groups is 2. The van der Waals surface area contributed by atoms with E-state index in [9.17, 15) is 18.0 Å². The van der Waals surface area contributed by atoms with Crippen LogP contribution in [0.4, 0.5) is 0 Å². The number of carboxylic acids is 1. The van der Waals surface area contributed by atoms with Gasteiger partial charge in [0.05, 0.1) is 6.54 Å². The Balaban J connectivity index is 2.85. The minimum absolute atomic E-state index is 0.0524. The van der Waals surface area contributed by atoms with Crippen molar-refractivity contribution in [1.82, 2.24) is 9.62 Å². The maximum atomic E-state index is 12.0. The van der Waals surface area contributed by atoms with Gasteiger partial charge in [0, 0.05) is 18.8 Å². The van der Waals surface area contributed by atoms with Crippen LogP contribution in [0.2, 0.25) is 0 Å². The zero-order chi connectivity index (χ0) is 14.6. The first kappa shape index (κ1) is 15.6. The number of hydrogen-bond donors (Lipinski definition) is 2. The van der Waals surface area contributed by atoms with Crippen molar-refractivity contribution in [3.63, 3.8) is 0 Å². The molecule has 1 heterocycles. The van der Waals surface area contributed by atoms with Crippen LogP contribution in [-0.2, 0) is 26.2 Å². The highest BCUT2D eigenvalue weighted by Crippen LogP contribution is 2.24. The fraction of sp³-hybridized carbons (Fsp3) is 0.400. The molecule has 0 radical (unpaired) electrons. The zero-order valence-electron chi connectivity index (χ0n) is 10.4. The zero-order valence-corrected chi connectivity index (χ0v) is 12.0. The minimum atomic E-state index is -3.79. The molecular formula is C10H14N2O5S2. The maximum Gasteiger partial charge on any atom is 0.318 e. The Bertz CT molecular complexity index is 578. The van der Waals surface area contributed by atoms with E-state index in [4.69, 9.17) is 5.11 Å². The molecule has 1 aromatic rings. The molecule has 0 aliphatic carbocycles. The molecule has 9 heteroatoms. The summed E-state index contributed by atoms with van der Waals surface area (Å²) in [6.07, 6.45) is 0. The van der Waals surface area contributed by atoms with Gasteiger partial charge < -0.3 is 10.4 Å². The van der Waals surface area contributed by atoms with Crippen molar-refractivity contribution in [1.29, 1.82) is 0 Å². The molecule has 2 N–H and O–H groups in total. The van der Waals surface area contributed by atoms with E-state index in [1.807, 2.05) is 0 Å². The van der Waals surface area contributed by atoms with Crippen LogP contribution in [0, 0.1) is 0 Å². The monoisotopic (exact) mass is 306 g/mol. The number of likely N-dealkylation sites (N-methyl/N-ethyl adjacent to an activating group) is 1. The van der Waals surface area contributed by atoms with E-state index in [1.54, 1.807) is 6.07 Å². The van der Waals surface area contributed by atoms with Crippen LogP contribution in [0.15, 0.2) is 16.3 Å². The molecule has 0 fully saturated rings. The lowest BCUT2D eigenvalue weighted by atomic mass is 10.4. The number of rotatable bonds is 6. The number of thiophene rings is 1. The molecular weight excluding hydrogens is 292 g/mol. The average molecular weight is 306 g/mol. The first-order valence-electron chi connectivity index (χ1n) is 5.24. The van der Waals surface area contributed by atoms with Gasteiger partial charge in [-0.05, 0) is 12.1 Å². The van der Waals surface area contributed by atoms with Gasteiger partial charge in [0.2, 0.25) is 5.91 Å². The fourth-order valence-electron chi connectivity index (χ4n) is 1.23. The predicted octanol–water partition coefficient (Wildman–Crippen LogP) is 0.0893. The second-order valence-corrected chi connectivity index (χ2v) is 7.23. The SMILES string of the molecule is CC(=O)NCc1ccc(S(=O)(=O)N(C)CC(=O)O)s1. The van der Waals surface area contributed by atoms with Crippen molar-refractivity contribution in [2.75, 3.05) is 13.6 Å². The largest absolute Gasteiger partial charge is 0.480 e. The Labute approximate surface area is 114 Å². The molecule has 0 aliphatic heterocycles. The molecule has 0 aromatic carbocycles. The van der Waals surface area contributed by atoms with Gasteiger partial charge in [0.1, 0.15) is 10.8 Å². The van der Waals surface area contributed by atoms with E-state index in [0.29, 0.717) is 4.88 Å². The minimum Gasteiger partial charge on any atom is -0.480 e. The lowest BCUT2D eigenvalue weighted by molar-refractivity contribution is -0.137. The number of carbonyl (C=O) groups excluding carboxylic acids is 1. The Kier molecular flexibility index (Phi) is 5.04. The highest BCUT2D eigenvalue weighted by Gasteiger charge is 2.24. The number of nitrogens with one attached hydrogen (secondary N) is 1. The van der Waals surface area contributed by atoms with Crippen molar-refractivity contribution >= 4 is 33.2 Å². The van der Waals surface area contributed by atoms with Gasteiger partial charge in [-0.25, -0.2) is 8.42 Å². The Morgan fingerprint density at radius 3 is 2.58 bits per heavy atom. The first-order chi connectivity index (χ1) is 8.73. The summed E-state index contributed by atoms with van der Waals surface area (Å²) in [5, 5.41) is 11.2. The van der Waals surface area contributed by atoms with Gasteiger partial charge in [0.25, 0.3) is 10.0 Å². The molecule has 19 heavy (non-hydrogen) atoms. The molecule has 0 aliphatic rings. The summed E-state index contributed by atoms with van der Waals surface area (Å²) in [5.41, 5.74) is 0. The molecule has 106 valence electrons. The Morgan fingerprint density at radius 2 is 2.05 bits per heavy atom. The third kappa shape index (κ3) is 4.30. The van der Waals surface area contributed by atoms with Gasteiger partial charge in [-0.3, -0.25) is 9.59 Å². The number of carboxylic acid groups (broad SMARTS) is 1. The van der Waals surface area contributed by atoms with Crippen LogP contribution in [0.25, 0.3) is 0 Å². The van der Waals surface area contributed by atoms with Gasteiger partial charge in [0.15, 0.2) is 0 Å². The Morgan fingerprint density at radius 1 is 1.42 bits per heavy atom. The molecule has 0 saturated heterocycles. The smallest absolute Gasteiger partial charge is 0.318 e. The van der Waals surface area contributed by atoms with Crippen molar-refractivity contribution in [2.24, 2.45) is 0 Å². The maximum absolute atomic E-state index is 12.0. The van der Waals surface area contributed by atoms with Crippen molar-refractivity contribution in [3.8, 4) is 0 Å². The molecule has 7 nitrogen and oxygen atoms in total. The lowest BCUT2D eigenvalue weighted by Gasteiger charge is -2.12. The van der Waals surface area contributed by atoms with Crippen LogP contribution in [-0.4, -0.2) is 43.3 Å². The Hall–Kier alpha value is -1.45. The van der Waals surface area contributed by atoms with E-state index in [1.165, 1.54) is 20.0 Å². The molecule has 1 rings (SSSR count). The second kappa shape index (κ2) is 6.13. The summed E-state index contributed by atoms with van der Waals surface area (Å²) in [4.78, 5) is 22.0. The summed E-state index contributed by atoms with van der Waals surface area (Å²) >= 11 is 1.000. The third-order valence-corrected chi connectivity index (χ3v) is 5.53. The number of nitrogens with zero attached hydrogens (tertiary/aromatic N) is 1. The molecule has 0 atom stereocenters. The molecule has 0 bridgehead atoms. The predicted molar refractivity (Wildman–Crippen MR) is 69.3 cm³/mol. The number of amides is 1. The number of hydrogen-bond acceptors (Lipinski definition) is 5.